The zero-order chi connectivity index (χ0) is 24.2. The molecule has 0 saturated carbocycles. The molecule has 4 aromatic rings. The third-order valence-corrected chi connectivity index (χ3v) is 5.61. The van der Waals surface area contributed by atoms with Crippen LogP contribution in [0.1, 0.15) is 26.4 Å². The number of aromatic nitrogens is 2. The van der Waals surface area contributed by atoms with Gasteiger partial charge in [-0.1, -0.05) is 11.6 Å². The van der Waals surface area contributed by atoms with Crippen LogP contribution in [0.5, 0.6) is 11.5 Å². The van der Waals surface area contributed by atoms with Crippen molar-refractivity contribution in [2.24, 2.45) is 0 Å². The molecule has 0 amide bonds. The molecule has 4 rings (SSSR count). The van der Waals surface area contributed by atoms with Crippen molar-refractivity contribution in [2.75, 3.05) is 21.3 Å². The van der Waals surface area contributed by atoms with Crippen molar-refractivity contribution in [3.8, 4) is 28.4 Å². The van der Waals surface area contributed by atoms with E-state index < -0.39 is 5.97 Å². The Kier molecular flexibility index (Phi) is 6.65. The Hall–Kier alpha value is -4.10. The Morgan fingerprint density at radius 3 is 2.03 bits per heavy atom. The molecule has 7 nitrogen and oxygen atoms in total. The molecule has 0 aliphatic heterocycles. The van der Waals surface area contributed by atoms with Gasteiger partial charge in [0, 0.05) is 11.1 Å². The van der Waals surface area contributed by atoms with Gasteiger partial charge in [0.2, 0.25) is 5.78 Å². The lowest BCUT2D eigenvalue weighted by atomic mass is 10.0. The fourth-order valence-corrected chi connectivity index (χ4v) is 3.66. The van der Waals surface area contributed by atoms with E-state index in [-0.39, 0.29) is 27.6 Å². The standard InChI is InChI=1S/C26H21ClN2O5/c1-32-19-9-4-16(5-10-19)24-15-23(28-29(24)18-7-11-20(33-2)12-8-18)25(30)17-6-13-22(27)21(14-17)26(31)34-3/h4-15H,1-3H3. The first-order valence-electron chi connectivity index (χ1n) is 10.3. The molecule has 1 aromatic heterocycles. The van der Waals surface area contributed by atoms with E-state index >= 15 is 0 Å². The summed E-state index contributed by atoms with van der Waals surface area (Å²) in [6, 6.07) is 21.0. The van der Waals surface area contributed by atoms with E-state index in [9.17, 15) is 9.59 Å². The van der Waals surface area contributed by atoms with Gasteiger partial charge in [-0.15, -0.1) is 0 Å². The van der Waals surface area contributed by atoms with Gasteiger partial charge in [-0.05, 0) is 72.8 Å². The predicted octanol–water partition coefficient (Wildman–Crippen LogP) is 5.23. The van der Waals surface area contributed by atoms with Gasteiger partial charge in [-0.2, -0.15) is 5.10 Å². The Bertz CT molecular complexity index is 1280. The summed E-state index contributed by atoms with van der Waals surface area (Å²) in [5, 5.41) is 4.79. The maximum Gasteiger partial charge on any atom is 0.339 e. The van der Waals surface area contributed by atoms with Gasteiger partial charge in [-0.25, -0.2) is 9.48 Å². The summed E-state index contributed by atoms with van der Waals surface area (Å²) in [6.45, 7) is 0. The maximum atomic E-state index is 13.3. The Balaban J connectivity index is 1.81. The molecule has 1 heterocycles. The second kappa shape index (κ2) is 9.80. The van der Waals surface area contributed by atoms with Gasteiger partial charge < -0.3 is 14.2 Å². The van der Waals surface area contributed by atoms with Gasteiger partial charge >= 0.3 is 5.97 Å². The monoisotopic (exact) mass is 476 g/mol. The molecule has 0 atom stereocenters. The molecule has 0 fully saturated rings. The largest absolute Gasteiger partial charge is 0.497 e. The first kappa shape index (κ1) is 23.1. The molecule has 8 heteroatoms. The van der Waals surface area contributed by atoms with E-state index in [1.54, 1.807) is 31.0 Å². The smallest absolute Gasteiger partial charge is 0.339 e. The number of methoxy groups -OCH3 is 3. The van der Waals surface area contributed by atoms with Crippen molar-refractivity contribution in [1.82, 2.24) is 9.78 Å². The quantitative estimate of drug-likeness (QED) is 0.268. The maximum absolute atomic E-state index is 13.3. The van der Waals surface area contributed by atoms with Crippen LogP contribution in [0, 0.1) is 0 Å². The topological polar surface area (TPSA) is 79.7 Å². The average Bonchev–Trinajstić information content (AvgIpc) is 3.33. The Labute approximate surface area is 201 Å². The van der Waals surface area contributed by atoms with Gasteiger partial charge in [0.15, 0.2) is 0 Å². The molecule has 0 aliphatic rings. The molecule has 34 heavy (non-hydrogen) atoms. The average molecular weight is 477 g/mol. The number of halogens is 1. The minimum Gasteiger partial charge on any atom is -0.497 e. The zero-order valence-corrected chi connectivity index (χ0v) is 19.5. The minimum absolute atomic E-state index is 0.111. The third-order valence-electron chi connectivity index (χ3n) is 5.28. The number of hydrogen-bond donors (Lipinski definition) is 0. The van der Waals surface area contributed by atoms with Crippen LogP contribution < -0.4 is 9.47 Å². The minimum atomic E-state index is -0.623. The van der Waals surface area contributed by atoms with Gasteiger partial charge in [0.1, 0.15) is 17.2 Å². The normalized spacial score (nSPS) is 10.6. The SMILES string of the molecule is COC(=O)c1cc(C(=O)c2cc(-c3ccc(OC)cc3)n(-c3ccc(OC)cc3)n2)ccc1Cl. The van der Waals surface area contributed by atoms with Gasteiger partial charge in [-0.3, -0.25) is 4.79 Å². The van der Waals surface area contributed by atoms with Crippen molar-refractivity contribution in [2.45, 2.75) is 0 Å². The highest BCUT2D eigenvalue weighted by molar-refractivity contribution is 6.33. The summed E-state index contributed by atoms with van der Waals surface area (Å²) in [5.41, 5.74) is 2.88. The summed E-state index contributed by atoms with van der Waals surface area (Å²) in [4.78, 5) is 25.4. The molecule has 0 bridgehead atoms. The highest BCUT2D eigenvalue weighted by Gasteiger charge is 2.21. The van der Waals surface area contributed by atoms with Crippen LogP contribution in [0.2, 0.25) is 5.02 Å². The number of nitrogens with zero attached hydrogens (tertiary/aromatic N) is 2. The van der Waals surface area contributed by atoms with E-state index in [1.807, 2.05) is 48.5 Å². The molecule has 0 N–H and O–H groups in total. The Morgan fingerprint density at radius 2 is 1.44 bits per heavy atom. The first-order valence-corrected chi connectivity index (χ1v) is 10.6. The molecule has 0 saturated heterocycles. The summed E-state index contributed by atoms with van der Waals surface area (Å²) in [5.74, 6) is 0.438. The van der Waals surface area contributed by atoms with Crippen LogP contribution >= 0.6 is 11.6 Å². The third kappa shape index (κ3) is 4.51. The highest BCUT2D eigenvalue weighted by Crippen LogP contribution is 2.28. The zero-order valence-electron chi connectivity index (χ0n) is 18.7. The van der Waals surface area contributed by atoms with Crippen molar-refractivity contribution in [3.05, 3.63) is 94.6 Å². The van der Waals surface area contributed by atoms with Crippen LogP contribution in [0.4, 0.5) is 0 Å². The number of esters is 1. The van der Waals surface area contributed by atoms with Crippen LogP contribution in [-0.4, -0.2) is 42.9 Å². The van der Waals surface area contributed by atoms with Gasteiger partial charge in [0.05, 0.1) is 43.3 Å². The molecule has 3 aromatic carbocycles. The number of rotatable bonds is 7. The number of benzene rings is 3. The van der Waals surface area contributed by atoms with Crippen LogP contribution in [0.15, 0.2) is 72.8 Å². The second-order valence-electron chi connectivity index (χ2n) is 7.27. The van der Waals surface area contributed by atoms with Crippen molar-refractivity contribution in [1.29, 1.82) is 0 Å². The molecular weight excluding hydrogens is 456 g/mol. The van der Waals surface area contributed by atoms with E-state index in [4.69, 9.17) is 25.8 Å². The second-order valence-corrected chi connectivity index (χ2v) is 7.68. The van der Waals surface area contributed by atoms with E-state index in [1.165, 1.54) is 19.2 Å². The fourth-order valence-electron chi connectivity index (χ4n) is 3.46. The summed E-state index contributed by atoms with van der Waals surface area (Å²) in [6.07, 6.45) is 0. The lowest BCUT2D eigenvalue weighted by molar-refractivity contribution is 0.0601. The number of carbonyl (C=O) groups is 2. The first-order chi connectivity index (χ1) is 16.4. The van der Waals surface area contributed by atoms with Crippen LogP contribution in [0.3, 0.4) is 0 Å². The van der Waals surface area contributed by atoms with E-state index in [0.29, 0.717) is 17.2 Å². The van der Waals surface area contributed by atoms with Crippen LogP contribution in [-0.2, 0) is 4.74 Å². The Morgan fingerprint density at radius 1 is 0.824 bits per heavy atom. The summed E-state index contributed by atoms with van der Waals surface area (Å²) >= 11 is 6.11. The molecule has 0 spiro atoms. The predicted molar refractivity (Wildman–Crippen MR) is 128 cm³/mol. The number of ketones is 1. The lowest BCUT2D eigenvalue weighted by Gasteiger charge is -2.09. The highest BCUT2D eigenvalue weighted by atomic mass is 35.5. The number of carbonyl (C=O) groups excluding carboxylic acids is 2. The number of ether oxygens (including phenoxy) is 3. The summed E-state index contributed by atoms with van der Waals surface area (Å²) < 4.78 is 17.0. The molecule has 0 unspecified atom stereocenters. The summed E-state index contributed by atoms with van der Waals surface area (Å²) in [7, 11) is 4.45. The molecule has 172 valence electrons. The lowest BCUT2D eigenvalue weighted by Crippen LogP contribution is -2.08. The van der Waals surface area contributed by atoms with Crippen LogP contribution in [0.25, 0.3) is 16.9 Å². The van der Waals surface area contributed by atoms with Crippen molar-refractivity contribution >= 4 is 23.4 Å². The van der Waals surface area contributed by atoms with Crippen molar-refractivity contribution in [3.63, 3.8) is 0 Å². The molecule has 0 aliphatic carbocycles. The van der Waals surface area contributed by atoms with E-state index in [2.05, 4.69) is 5.10 Å². The number of hydrogen-bond acceptors (Lipinski definition) is 6. The van der Waals surface area contributed by atoms with Gasteiger partial charge in [0.25, 0.3) is 0 Å². The van der Waals surface area contributed by atoms with Crippen molar-refractivity contribution < 1.29 is 23.8 Å². The van der Waals surface area contributed by atoms with E-state index in [0.717, 1.165) is 11.3 Å². The fraction of sp³-hybridized carbons (Fsp3) is 0.115. The molecular formula is C26H21ClN2O5. The molecule has 0 radical (unpaired) electrons.